The van der Waals surface area contributed by atoms with E-state index >= 15 is 0 Å². The molecule has 13 aromatic carbocycles. The molecule has 0 bridgehead atoms. The molecule has 0 nitrogen and oxygen atoms in total. The lowest BCUT2D eigenvalue weighted by atomic mass is 9.82. The zero-order valence-corrected chi connectivity index (χ0v) is 40.9. The van der Waals surface area contributed by atoms with Crippen LogP contribution in [0, 0.1) is 20.8 Å². The third-order valence-corrected chi connectivity index (χ3v) is 16.1. The summed E-state index contributed by atoms with van der Waals surface area (Å²) in [5, 5.41) is 27.2. The van der Waals surface area contributed by atoms with E-state index in [4.69, 9.17) is 0 Å². The Morgan fingerprint density at radius 2 is 0.657 bits per heavy atom. The van der Waals surface area contributed by atoms with Crippen LogP contribution < -0.4 is 0 Å². The largest absolute Gasteiger partial charge is 0.0610 e. The fourth-order valence-electron chi connectivity index (χ4n) is 12.7. The van der Waals surface area contributed by atoms with Gasteiger partial charge >= 0.3 is 0 Å². The molecule has 0 heteroatoms. The molecule has 0 atom stereocenters. The lowest BCUT2D eigenvalue weighted by molar-refractivity contribution is 0.834. The zero-order valence-electron chi connectivity index (χ0n) is 40.9. The van der Waals surface area contributed by atoms with Crippen LogP contribution in [0.15, 0.2) is 127 Å². The highest BCUT2D eigenvalue weighted by Gasteiger charge is 2.28. The Balaban J connectivity index is 1.34. The predicted molar refractivity (Wildman–Crippen MR) is 296 cm³/mol. The number of hydrogen-bond donors (Lipinski definition) is 0. The van der Waals surface area contributed by atoms with Gasteiger partial charge in [-0.2, -0.15) is 0 Å². The third kappa shape index (κ3) is 5.60. The number of hydrogen-bond acceptors (Lipinski definition) is 0. The van der Waals surface area contributed by atoms with Crippen LogP contribution in [0.2, 0.25) is 0 Å². The first-order valence-corrected chi connectivity index (χ1v) is 24.9. The van der Waals surface area contributed by atoms with Gasteiger partial charge in [-0.1, -0.05) is 171 Å². The number of fused-ring (bicyclic) bond motifs is 9. The van der Waals surface area contributed by atoms with Gasteiger partial charge in [-0.05, 0) is 225 Å². The smallest absolute Gasteiger partial charge is 0.000740 e. The molecule has 326 valence electrons. The lowest BCUT2D eigenvalue weighted by Gasteiger charge is -2.21. The van der Waals surface area contributed by atoms with Crippen LogP contribution in [0.25, 0.3) is 130 Å². The van der Waals surface area contributed by atoms with Crippen molar-refractivity contribution in [1.82, 2.24) is 0 Å². The molecule has 13 aromatic rings. The van der Waals surface area contributed by atoms with Crippen LogP contribution in [-0.2, 0) is 0 Å². The van der Waals surface area contributed by atoms with Crippen molar-refractivity contribution >= 4 is 108 Å². The SMILES string of the molecule is Cc1cc2cc(C)cc3c4ccc5c6c(-c7cc(C(C)C)cc(C(C)C)c7)c7cc8c(cc7c(-c7cc(C(C)C)cc(C(C)C)c7)c6c6ccc(c(c1)c23)c4c65)c1cccc2c(C)ccc8c21. The second kappa shape index (κ2) is 14.1. The Bertz CT molecular complexity index is 3950. The first-order chi connectivity index (χ1) is 32.2. The molecule has 0 heterocycles. The van der Waals surface area contributed by atoms with E-state index in [0.29, 0.717) is 23.7 Å². The zero-order chi connectivity index (χ0) is 46.1. The van der Waals surface area contributed by atoms with Crippen molar-refractivity contribution in [1.29, 1.82) is 0 Å². The van der Waals surface area contributed by atoms with Crippen molar-refractivity contribution in [2.24, 2.45) is 0 Å². The van der Waals surface area contributed by atoms with Gasteiger partial charge in [0, 0.05) is 0 Å². The van der Waals surface area contributed by atoms with Crippen molar-refractivity contribution in [3.63, 3.8) is 0 Å². The topological polar surface area (TPSA) is 0 Å². The van der Waals surface area contributed by atoms with Gasteiger partial charge in [0.1, 0.15) is 0 Å². The van der Waals surface area contributed by atoms with E-state index in [2.05, 4.69) is 204 Å². The molecular formula is C67H58. The molecule has 0 unspecified atom stereocenters. The molecule has 0 saturated heterocycles. The maximum Gasteiger partial charge on any atom is -0.000740 e. The summed E-state index contributed by atoms with van der Waals surface area (Å²) in [6, 6.07) is 51.6. The Kier molecular flexibility index (Phi) is 8.54. The van der Waals surface area contributed by atoms with Crippen molar-refractivity contribution in [2.45, 2.75) is 99.8 Å². The average Bonchev–Trinajstić information content (AvgIpc) is 3.80. The van der Waals surface area contributed by atoms with Gasteiger partial charge in [0.15, 0.2) is 0 Å². The Hall–Kier alpha value is -6.76. The van der Waals surface area contributed by atoms with Crippen LogP contribution in [0.1, 0.15) is 118 Å². The molecule has 0 aliphatic carbocycles. The van der Waals surface area contributed by atoms with E-state index in [1.54, 1.807) is 0 Å². The average molecular weight is 863 g/mol. The number of aryl methyl sites for hydroxylation is 3. The van der Waals surface area contributed by atoms with E-state index in [-0.39, 0.29) is 0 Å². The lowest BCUT2D eigenvalue weighted by Crippen LogP contribution is -1.98. The molecule has 0 saturated carbocycles. The predicted octanol–water partition coefficient (Wildman–Crippen LogP) is 20.3. The van der Waals surface area contributed by atoms with Gasteiger partial charge in [-0.15, -0.1) is 0 Å². The summed E-state index contributed by atoms with van der Waals surface area (Å²) in [4.78, 5) is 0. The van der Waals surface area contributed by atoms with Gasteiger partial charge < -0.3 is 0 Å². The Morgan fingerprint density at radius 1 is 0.269 bits per heavy atom. The summed E-state index contributed by atoms with van der Waals surface area (Å²) in [6.07, 6.45) is 0. The van der Waals surface area contributed by atoms with Crippen molar-refractivity contribution in [3.8, 4) is 22.3 Å². The normalized spacial score (nSPS) is 12.9. The molecule has 67 heavy (non-hydrogen) atoms. The second-order valence-corrected chi connectivity index (χ2v) is 21.8. The fraction of sp³-hybridized carbons (Fsp3) is 0.224. The summed E-state index contributed by atoms with van der Waals surface area (Å²) in [5.41, 5.74) is 14.9. The molecule has 0 radical (unpaired) electrons. The van der Waals surface area contributed by atoms with Gasteiger partial charge in [0.2, 0.25) is 0 Å². The van der Waals surface area contributed by atoms with Crippen molar-refractivity contribution < 1.29 is 0 Å². The summed E-state index contributed by atoms with van der Waals surface area (Å²) >= 11 is 0. The van der Waals surface area contributed by atoms with Gasteiger partial charge in [-0.3, -0.25) is 0 Å². The molecule has 0 amide bonds. The highest BCUT2D eigenvalue weighted by molar-refractivity contribution is 6.47. The van der Waals surface area contributed by atoms with Gasteiger partial charge in [0.05, 0.1) is 0 Å². The monoisotopic (exact) mass is 862 g/mol. The van der Waals surface area contributed by atoms with E-state index in [1.165, 1.54) is 169 Å². The molecule has 0 aliphatic rings. The van der Waals surface area contributed by atoms with Crippen LogP contribution in [0.4, 0.5) is 0 Å². The van der Waals surface area contributed by atoms with E-state index in [0.717, 1.165) is 0 Å². The molecule has 0 aromatic heterocycles. The van der Waals surface area contributed by atoms with E-state index in [9.17, 15) is 0 Å². The van der Waals surface area contributed by atoms with Crippen LogP contribution >= 0.6 is 0 Å². The summed E-state index contributed by atoms with van der Waals surface area (Å²) in [7, 11) is 0. The summed E-state index contributed by atoms with van der Waals surface area (Å²) in [5.74, 6) is 1.56. The first kappa shape index (κ1) is 40.5. The molecule has 0 aliphatic heterocycles. The minimum absolute atomic E-state index is 0.391. The third-order valence-electron chi connectivity index (χ3n) is 16.1. The number of rotatable bonds is 6. The van der Waals surface area contributed by atoms with Crippen molar-refractivity contribution in [2.75, 3.05) is 0 Å². The molecule has 0 spiro atoms. The summed E-state index contributed by atoms with van der Waals surface area (Å²) < 4.78 is 0. The van der Waals surface area contributed by atoms with E-state index < -0.39 is 0 Å². The maximum atomic E-state index is 2.62. The summed E-state index contributed by atoms with van der Waals surface area (Å²) in [6.45, 7) is 25.6. The fourth-order valence-corrected chi connectivity index (χ4v) is 12.7. The van der Waals surface area contributed by atoms with E-state index in [1.807, 2.05) is 0 Å². The van der Waals surface area contributed by atoms with Gasteiger partial charge in [-0.25, -0.2) is 0 Å². The second-order valence-electron chi connectivity index (χ2n) is 21.8. The molecule has 13 rings (SSSR count). The molecular weight excluding hydrogens is 805 g/mol. The molecule has 0 N–H and O–H groups in total. The molecule has 0 fully saturated rings. The maximum absolute atomic E-state index is 2.62. The first-order valence-electron chi connectivity index (χ1n) is 24.9. The number of benzene rings is 11. The Labute approximate surface area is 394 Å². The van der Waals surface area contributed by atoms with Crippen LogP contribution in [-0.4, -0.2) is 0 Å². The minimum Gasteiger partial charge on any atom is -0.0610 e. The highest BCUT2D eigenvalue weighted by Crippen LogP contribution is 2.56. The van der Waals surface area contributed by atoms with Crippen molar-refractivity contribution in [3.05, 3.63) is 166 Å². The quantitative estimate of drug-likeness (QED) is 0.115. The van der Waals surface area contributed by atoms with Crippen LogP contribution in [0.5, 0.6) is 0 Å². The standard InChI is InChI=1S/C67H58/c1-33(2)40-25-41(34(3)4)28-45(27-40)61-58-31-54-48-14-12-13-47-39(11)15-16-49(63(47)48)55(54)32-59(58)62(46-29-42(35(5)6)26-43(30-46)36(7)8)67-53-20-18-51-57-24-38(10)22-44-21-37(9)23-56(60(44)57)50-17-19-52(66(61)67)65(53)64(50)51/h12-36H,1-11H3. The Morgan fingerprint density at radius 3 is 1.12 bits per heavy atom. The van der Waals surface area contributed by atoms with Crippen LogP contribution in [0.3, 0.4) is 0 Å². The highest BCUT2D eigenvalue weighted by atomic mass is 14.3. The van der Waals surface area contributed by atoms with Gasteiger partial charge in [0.25, 0.3) is 0 Å². The minimum atomic E-state index is 0.391.